The Morgan fingerprint density at radius 2 is 1.08 bits per heavy atom. The number of esters is 4. The smallest absolute Gasteiger partial charge is 0.334 e. The molecule has 1 saturated carbocycles. The molecule has 0 aromatic carbocycles. The Balaban J connectivity index is 2.06. The number of allylic oxidation sites excluding steroid dienone is 2. The van der Waals surface area contributed by atoms with Crippen LogP contribution in [0.15, 0.2) is 23.3 Å². The predicted octanol–water partition coefficient (Wildman–Crippen LogP) is 0.554. The van der Waals surface area contributed by atoms with E-state index in [4.69, 9.17) is 18.9 Å². The van der Waals surface area contributed by atoms with E-state index in [1.165, 1.54) is 28.1 Å². The normalized spacial score (nSPS) is 33.7. The van der Waals surface area contributed by atoms with Crippen LogP contribution < -0.4 is 0 Å². The van der Waals surface area contributed by atoms with Crippen molar-refractivity contribution in [2.24, 2.45) is 23.7 Å². The average molecular weight is 364 g/mol. The third-order valence-electron chi connectivity index (χ3n) is 5.25. The monoisotopic (exact) mass is 364 g/mol. The SMILES string of the molecule is COC(=O)C1=C(C(=O)OC)[C@H]2C=C[C@H]1[C@@H]1[C@H](OC(C)=O)[C@@H](OC(C)=O)[C@H]12. The molecule has 1 fully saturated rings. The summed E-state index contributed by atoms with van der Waals surface area (Å²) in [6.45, 7) is 2.54. The summed E-state index contributed by atoms with van der Waals surface area (Å²) in [7, 11) is 2.47. The standard InChI is InChI=1S/C18H20O8/c1-7(19)25-15-11-9-5-6-10(12(11)16(15)26-8(2)20)14(18(22)24-4)13(9)17(21)23-3/h5-6,9-12,15-16H,1-4H3/t9-,10-,11-,12-,15-,16-/m0/s1. The lowest BCUT2D eigenvalue weighted by molar-refractivity contribution is -0.223. The van der Waals surface area contributed by atoms with Gasteiger partial charge in [-0.15, -0.1) is 0 Å². The maximum absolute atomic E-state index is 12.3. The molecule has 0 spiro atoms. The van der Waals surface area contributed by atoms with E-state index in [1.54, 1.807) is 0 Å². The van der Waals surface area contributed by atoms with Crippen LogP contribution in [0.1, 0.15) is 13.8 Å². The summed E-state index contributed by atoms with van der Waals surface area (Å²) in [6, 6.07) is 0. The fourth-order valence-corrected chi connectivity index (χ4v) is 4.44. The molecule has 2 bridgehead atoms. The van der Waals surface area contributed by atoms with Crippen LogP contribution in [0.4, 0.5) is 0 Å². The maximum atomic E-state index is 12.3. The molecule has 0 aromatic heterocycles. The number of ether oxygens (including phenoxy) is 4. The highest BCUT2D eigenvalue weighted by atomic mass is 16.6. The van der Waals surface area contributed by atoms with Crippen LogP contribution in [-0.4, -0.2) is 50.3 Å². The zero-order chi connectivity index (χ0) is 19.2. The molecule has 0 amide bonds. The van der Waals surface area contributed by atoms with Gasteiger partial charge >= 0.3 is 23.9 Å². The van der Waals surface area contributed by atoms with Gasteiger partial charge in [-0.3, -0.25) is 9.59 Å². The van der Waals surface area contributed by atoms with E-state index < -0.39 is 47.9 Å². The van der Waals surface area contributed by atoms with Crippen molar-refractivity contribution in [2.75, 3.05) is 14.2 Å². The zero-order valence-electron chi connectivity index (χ0n) is 14.9. The quantitative estimate of drug-likeness (QED) is 0.405. The molecule has 4 aliphatic carbocycles. The molecular weight excluding hydrogens is 344 g/mol. The molecule has 0 aliphatic heterocycles. The van der Waals surface area contributed by atoms with Gasteiger partial charge in [0, 0.05) is 37.5 Å². The predicted molar refractivity (Wildman–Crippen MR) is 85.3 cm³/mol. The van der Waals surface area contributed by atoms with Crippen molar-refractivity contribution in [1.29, 1.82) is 0 Å². The first kappa shape index (κ1) is 18.2. The molecular formula is C18H20O8. The van der Waals surface area contributed by atoms with Crippen molar-refractivity contribution in [2.45, 2.75) is 26.1 Å². The Bertz CT molecular complexity index is 673. The molecule has 8 heteroatoms. The second-order valence-corrected chi connectivity index (χ2v) is 6.55. The number of carbonyl (C=O) groups is 4. The van der Waals surface area contributed by atoms with Gasteiger partial charge in [0.05, 0.1) is 25.4 Å². The lowest BCUT2D eigenvalue weighted by Crippen LogP contribution is -2.67. The number of carbonyl (C=O) groups excluding carboxylic acids is 4. The van der Waals surface area contributed by atoms with Gasteiger partial charge in [-0.1, -0.05) is 12.2 Å². The summed E-state index contributed by atoms with van der Waals surface area (Å²) >= 11 is 0. The fraction of sp³-hybridized carbons (Fsp3) is 0.556. The summed E-state index contributed by atoms with van der Waals surface area (Å²) in [5.41, 5.74) is 0.429. The first-order valence-electron chi connectivity index (χ1n) is 8.25. The van der Waals surface area contributed by atoms with Gasteiger partial charge in [0.25, 0.3) is 0 Å². The lowest BCUT2D eigenvalue weighted by atomic mass is 9.48. The first-order chi connectivity index (χ1) is 12.3. The zero-order valence-corrected chi connectivity index (χ0v) is 14.9. The van der Waals surface area contributed by atoms with Crippen molar-refractivity contribution < 1.29 is 38.1 Å². The minimum absolute atomic E-state index is 0.214. The molecule has 0 saturated heterocycles. The van der Waals surface area contributed by atoms with Crippen LogP contribution in [0.2, 0.25) is 0 Å². The largest absolute Gasteiger partial charge is 0.466 e. The van der Waals surface area contributed by atoms with Crippen molar-refractivity contribution in [3.05, 3.63) is 23.3 Å². The Kier molecular flexibility index (Phi) is 4.60. The van der Waals surface area contributed by atoms with Crippen molar-refractivity contribution >= 4 is 23.9 Å². The summed E-state index contributed by atoms with van der Waals surface area (Å²) in [5, 5.41) is 0. The lowest BCUT2D eigenvalue weighted by Gasteiger charge is -2.59. The van der Waals surface area contributed by atoms with Crippen LogP contribution in [0.5, 0.6) is 0 Å². The summed E-state index contributed by atoms with van der Waals surface area (Å²) in [6.07, 6.45) is 2.26. The van der Waals surface area contributed by atoms with Crippen LogP contribution in [-0.2, 0) is 38.1 Å². The van der Waals surface area contributed by atoms with E-state index >= 15 is 0 Å². The molecule has 4 rings (SSSR count). The molecule has 6 atom stereocenters. The highest BCUT2D eigenvalue weighted by molar-refractivity contribution is 6.02. The first-order valence-corrected chi connectivity index (χ1v) is 8.25. The molecule has 0 radical (unpaired) electrons. The van der Waals surface area contributed by atoms with E-state index in [0.717, 1.165) is 0 Å². The molecule has 140 valence electrons. The minimum atomic E-state index is -0.683. The molecule has 8 nitrogen and oxygen atoms in total. The number of methoxy groups -OCH3 is 2. The minimum Gasteiger partial charge on any atom is -0.466 e. The maximum Gasteiger partial charge on any atom is 0.334 e. The Morgan fingerprint density at radius 3 is 1.35 bits per heavy atom. The van der Waals surface area contributed by atoms with E-state index in [9.17, 15) is 19.2 Å². The summed E-state index contributed by atoms with van der Waals surface area (Å²) in [4.78, 5) is 47.7. The molecule has 26 heavy (non-hydrogen) atoms. The Hall–Kier alpha value is -2.64. The summed E-state index contributed by atoms with van der Waals surface area (Å²) < 4.78 is 20.4. The van der Waals surface area contributed by atoms with Crippen LogP contribution >= 0.6 is 0 Å². The number of hydrogen-bond donors (Lipinski definition) is 0. The van der Waals surface area contributed by atoms with Gasteiger partial charge in [-0.25, -0.2) is 9.59 Å². The molecule has 0 aromatic rings. The summed E-state index contributed by atoms with van der Waals surface area (Å²) in [5.74, 6) is -3.78. The number of rotatable bonds is 4. The number of hydrogen-bond acceptors (Lipinski definition) is 8. The average Bonchev–Trinajstić information content (AvgIpc) is 2.61. The van der Waals surface area contributed by atoms with E-state index in [-0.39, 0.29) is 23.0 Å². The van der Waals surface area contributed by atoms with Crippen LogP contribution in [0.25, 0.3) is 0 Å². The fourth-order valence-electron chi connectivity index (χ4n) is 4.44. The van der Waals surface area contributed by atoms with Gasteiger partial charge in [-0.2, -0.15) is 0 Å². The molecule has 0 N–H and O–H groups in total. The van der Waals surface area contributed by atoms with Gasteiger partial charge in [0.1, 0.15) is 12.2 Å². The molecule has 0 unspecified atom stereocenters. The second-order valence-electron chi connectivity index (χ2n) is 6.55. The van der Waals surface area contributed by atoms with Gasteiger partial charge < -0.3 is 18.9 Å². The van der Waals surface area contributed by atoms with Crippen molar-refractivity contribution in [3.8, 4) is 0 Å². The van der Waals surface area contributed by atoms with Gasteiger partial charge in [0.2, 0.25) is 0 Å². The molecule has 0 heterocycles. The third-order valence-corrected chi connectivity index (χ3v) is 5.25. The van der Waals surface area contributed by atoms with Gasteiger partial charge in [-0.05, 0) is 0 Å². The van der Waals surface area contributed by atoms with Crippen molar-refractivity contribution in [3.63, 3.8) is 0 Å². The highest BCUT2D eigenvalue weighted by Gasteiger charge is 2.66. The topological polar surface area (TPSA) is 105 Å². The Morgan fingerprint density at radius 1 is 0.731 bits per heavy atom. The van der Waals surface area contributed by atoms with Gasteiger partial charge in [0.15, 0.2) is 0 Å². The Labute approximate surface area is 150 Å². The van der Waals surface area contributed by atoms with Crippen molar-refractivity contribution in [1.82, 2.24) is 0 Å². The third kappa shape index (κ3) is 2.60. The molecule has 4 aliphatic rings. The van der Waals surface area contributed by atoms with E-state index in [0.29, 0.717) is 0 Å². The van der Waals surface area contributed by atoms with Crippen LogP contribution in [0, 0.1) is 23.7 Å². The highest BCUT2D eigenvalue weighted by Crippen LogP contribution is 2.59. The van der Waals surface area contributed by atoms with E-state index in [1.807, 2.05) is 12.2 Å². The second kappa shape index (κ2) is 6.59. The van der Waals surface area contributed by atoms with E-state index in [2.05, 4.69) is 0 Å². The van der Waals surface area contributed by atoms with Crippen LogP contribution in [0.3, 0.4) is 0 Å².